The topological polar surface area (TPSA) is 107 Å². The Morgan fingerprint density at radius 2 is 1.60 bits per heavy atom. The quantitative estimate of drug-likeness (QED) is 0.196. The van der Waals surface area contributed by atoms with E-state index >= 15 is 0 Å². The summed E-state index contributed by atoms with van der Waals surface area (Å²) in [5.74, 6) is 0.986. The van der Waals surface area contributed by atoms with E-state index in [-0.39, 0.29) is 59.0 Å². The van der Waals surface area contributed by atoms with E-state index in [4.69, 9.17) is 18.3 Å². The smallest absolute Gasteiger partial charge is 0.392 e. The predicted octanol–water partition coefficient (Wildman–Crippen LogP) is 8.12. The summed E-state index contributed by atoms with van der Waals surface area (Å²) in [7, 11) is -3.71. The lowest BCUT2D eigenvalue weighted by Gasteiger charge is -2.71. The van der Waals surface area contributed by atoms with Gasteiger partial charge in [-0.05, 0) is 112 Å². The molecule has 0 aromatic carbocycles. The first-order valence-electron chi connectivity index (χ1n) is 19.1. The highest BCUT2D eigenvalue weighted by Crippen LogP contribution is 2.75. The number of aliphatic hydroxyl groups is 1. The third-order valence-electron chi connectivity index (χ3n) is 15.2. The van der Waals surface area contributed by atoms with Gasteiger partial charge in [0.1, 0.15) is 0 Å². The SMILES string of the molecule is CCOP(=O)(OCC)OC[C@@]1(C)[C@@H]2CC[C@]3(C)[C@H](CC=C4[C@@H]5CC(C)(C)CC[C@]5(NC(=O)N5CCOCC5)CC[C@]43C)[C@@]2(C)CC[C@@H]1O. The summed E-state index contributed by atoms with van der Waals surface area (Å²) >= 11 is 0. The van der Waals surface area contributed by atoms with Gasteiger partial charge in [-0.1, -0.05) is 53.2 Å². The molecule has 6 rings (SSSR count). The number of hydrogen-bond donors (Lipinski definition) is 2. The molecule has 1 saturated heterocycles. The molecule has 9 nitrogen and oxygen atoms in total. The van der Waals surface area contributed by atoms with Crippen molar-refractivity contribution < 1.29 is 32.8 Å². The number of rotatable bonds is 8. The maximum absolute atomic E-state index is 13.8. The molecule has 274 valence electrons. The van der Waals surface area contributed by atoms with Crippen LogP contribution in [0.4, 0.5) is 4.79 Å². The van der Waals surface area contributed by atoms with Crippen LogP contribution in [0.2, 0.25) is 0 Å². The number of nitrogens with one attached hydrogen (secondary N) is 1. The van der Waals surface area contributed by atoms with Crippen molar-refractivity contribution in [2.75, 3.05) is 46.1 Å². The fraction of sp³-hybridized carbons (Fsp3) is 0.921. The summed E-state index contributed by atoms with van der Waals surface area (Å²) in [6.45, 7) is 21.3. The molecular formula is C38H65N2O7P. The van der Waals surface area contributed by atoms with Gasteiger partial charge >= 0.3 is 13.9 Å². The molecule has 0 bridgehead atoms. The Morgan fingerprint density at radius 3 is 2.27 bits per heavy atom. The van der Waals surface area contributed by atoms with Crippen LogP contribution in [0.15, 0.2) is 11.6 Å². The third-order valence-corrected chi connectivity index (χ3v) is 16.8. The molecule has 0 aromatic rings. The van der Waals surface area contributed by atoms with Crippen molar-refractivity contribution >= 4 is 13.9 Å². The van der Waals surface area contributed by atoms with Crippen molar-refractivity contribution in [3.63, 3.8) is 0 Å². The number of aliphatic hydroxyl groups excluding tert-OH is 1. The van der Waals surface area contributed by atoms with Crippen molar-refractivity contribution in [1.82, 2.24) is 10.2 Å². The number of nitrogens with zero attached hydrogens (tertiary/aromatic N) is 1. The average Bonchev–Trinajstić information content (AvgIpc) is 3.04. The van der Waals surface area contributed by atoms with Gasteiger partial charge in [0, 0.05) is 30.0 Å². The van der Waals surface area contributed by atoms with Gasteiger partial charge in [0.2, 0.25) is 0 Å². The van der Waals surface area contributed by atoms with Gasteiger partial charge in [0.25, 0.3) is 0 Å². The van der Waals surface area contributed by atoms with Crippen LogP contribution in [0.25, 0.3) is 0 Å². The minimum atomic E-state index is -3.71. The van der Waals surface area contributed by atoms with E-state index in [0.29, 0.717) is 44.6 Å². The molecule has 5 aliphatic carbocycles. The first-order chi connectivity index (χ1) is 22.5. The van der Waals surface area contributed by atoms with E-state index in [1.807, 2.05) is 4.90 Å². The number of amides is 2. The first-order valence-corrected chi connectivity index (χ1v) is 20.5. The van der Waals surface area contributed by atoms with Crippen LogP contribution in [0, 0.1) is 44.8 Å². The molecule has 2 amide bonds. The second-order valence-electron chi connectivity index (χ2n) is 18.0. The second-order valence-corrected chi connectivity index (χ2v) is 19.7. The van der Waals surface area contributed by atoms with Gasteiger partial charge in [-0.3, -0.25) is 13.6 Å². The second kappa shape index (κ2) is 12.9. The molecule has 48 heavy (non-hydrogen) atoms. The van der Waals surface area contributed by atoms with Crippen molar-refractivity contribution in [3.8, 4) is 0 Å². The molecule has 2 N–H and O–H groups in total. The number of morpholine rings is 1. The van der Waals surface area contributed by atoms with E-state index in [2.05, 4.69) is 52.9 Å². The summed E-state index contributed by atoms with van der Waals surface area (Å²) in [4.78, 5) is 15.7. The number of phosphoric acid groups is 1. The standard InChI is InChI=1S/C38H65N2O7P/c1-9-45-48(43,46-10-2)47-26-35(6)29-13-16-37(8)30(34(29,5)15-14-31(35)41)12-11-27-28-25-33(3,4)17-19-38(28,20-18-36(27,37)7)39-32(42)40-21-23-44-24-22-40/h11,28-31,41H,9-10,12-26H2,1-8H3,(H,39,42)/t28-,29+,30+,31-,34-,35-,36+,37+,38-/m0/s1. The summed E-state index contributed by atoms with van der Waals surface area (Å²) in [5, 5.41) is 15.3. The average molecular weight is 693 g/mol. The number of ether oxygens (including phenoxy) is 1. The molecule has 0 aromatic heterocycles. The van der Waals surface area contributed by atoms with Crippen LogP contribution >= 0.6 is 7.82 Å². The largest absolute Gasteiger partial charge is 0.474 e. The molecule has 1 heterocycles. The van der Waals surface area contributed by atoms with Gasteiger partial charge in [-0.25, -0.2) is 9.36 Å². The number of urea groups is 1. The first kappa shape index (κ1) is 36.8. The molecule has 0 unspecified atom stereocenters. The molecular weight excluding hydrogens is 627 g/mol. The summed E-state index contributed by atoms with van der Waals surface area (Å²) < 4.78 is 36.0. The van der Waals surface area contributed by atoms with Gasteiger partial charge in [-0.15, -0.1) is 0 Å². The predicted molar refractivity (Wildman–Crippen MR) is 187 cm³/mol. The Kier molecular flexibility index (Phi) is 9.91. The lowest BCUT2D eigenvalue weighted by atomic mass is 9.34. The third kappa shape index (κ3) is 5.87. The number of allylic oxidation sites excluding steroid dienone is 1. The minimum absolute atomic E-state index is 0.0124. The molecule has 6 aliphatic rings. The minimum Gasteiger partial charge on any atom is -0.392 e. The van der Waals surface area contributed by atoms with Crippen LogP contribution in [0.5, 0.6) is 0 Å². The van der Waals surface area contributed by atoms with Gasteiger partial charge in [-0.2, -0.15) is 0 Å². The molecule has 1 aliphatic heterocycles. The maximum Gasteiger partial charge on any atom is 0.474 e. The molecule has 10 heteroatoms. The number of fused-ring (bicyclic) bond motifs is 7. The van der Waals surface area contributed by atoms with Crippen LogP contribution in [0.1, 0.15) is 120 Å². The monoisotopic (exact) mass is 692 g/mol. The zero-order chi connectivity index (χ0) is 34.8. The lowest BCUT2D eigenvalue weighted by Crippen LogP contribution is -2.68. The highest BCUT2D eigenvalue weighted by atomic mass is 31.2. The Balaban J connectivity index is 1.31. The fourth-order valence-corrected chi connectivity index (χ4v) is 13.5. The van der Waals surface area contributed by atoms with Gasteiger partial charge < -0.3 is 20.1 Å². The summed E-state index contributed by atoms with van der Waals surface area (Å²) in [5.41, 5.74) is 1.14. The Morgan fingerprint density at radius 1 is 0.938 bits per heavy atom. The fourth-order valence-electron chi connectivity index (χ4n) is 12.2. The Labute approximate surface area is 290 Å². The van der Waals surface area contributed by atoms with E-state index in [9.17, 15) is 14.5 Å². The van der Waals surface area contributed by atoms with E-state index in [0.717, 1.165) is 57.8 Å². The molecule has 5 fully saturated rings. The maximum atomic E-state index is 13.8. The normalized spacial score (nSPS) is 44.0. The van der Waals surface area contributed by atoms with Crippen molar-refractivity contribution in [2.45, 2.75) is 131 Å². The van der Waals surface area contributed by atoms with Crippen LogP contribution < -0.4 is 5.32 Å². The number of phosphoric ester groups is 1. The molecule has 9 atom stereocenters. The van der Waals surface area contributed by atoms with Crippen LogP contribution in [-0.2, 0) is 22.9 Å². The summed E-state index contributed by atoms with van der Waals surface area (Å²) in [6, 6.07) is 0.0839. The van der Waals surface area contributed by atoms with Crippen molar-refractivity contribution in [3.05, 3.63) is 11.6 Å². The Hall–Kier alpha value is -0.960. The van der Waals surface area contributed by atoms with Crippen LogP contribution in [-0.4, -0.2) is 73.8 Å². The van der Waals surface area contributed by atoms with E-state index < -0.39 is 19.3 Å². The number of carbonyl (C=O) groups excluding carboxylic acids is 1. The van der Waals surface area contributed by atoms with Crippen molar-refractivity contribution in [2.24, 2.45) is 44.8 Å². The number of hydrogen-bond acceptors (Lipinski definition) is 7. The van der Waals surface area contributed by atoms with Crippen molar-refractivity contribution in [1.29, 1.82) is 0 Å². The molecule has 4 saturated carbocycles. The van der Waals surface area contributed by atoms with E-state index in [1.165, 1.54) is 0 Å². The zero-order valence-electron chi connectivity index (χ0n) is 31.2. The highest BCUT2D eigenvalue weighted by Gasteiger charge is 2.69. The zero-order valence-corrected chi connectivity index (χ0v) is 32.1. The molecule has 0 spiro atoms. The van der Waals surface area contributed by atoms with E-state index in [1.54, 1.807) is 19.4 Å². The summed E-state index contributed by atoms with van der Waals surface area (Å²) in [6.07, 6.45) is 12.2. The lowest BCUT2D eigenvalue weighted by molar-refractivity contribution is -0.213. The highest BCUT2D eigenvalue weighted by molar-refractivity contribution is 7.48. The van der Waals surface area contributed by atoms with Gasteiger partial charge in [0.05, 0.1) is 39.1 Å². The van der Waals surface area contributed by atoms with Crippen LogP contribution in [0.3, 0.4) is 0 Å². The Bertz CT molecular complexity index is 1290. The molecule has 0 radical (unpaired) electrons. The van der Waals surface area contributed by atoms with Gasteiger partial charge in [0.15, 0.2) is 0 Å². The number of carbonyl (C=O) groups is 1.